The molecule has 0 atom stereocenters. The first-order valence-corrected chi connectivity index (χ1v) is 6.49. The van der Waals surface area contributed by atoms with Crippen LogP contribution in [0.4, 0.5) is 0 Å². The molecule has 2 amide bonds. The quantitative estimate of drug-likeness (QED) is 0.231. The second-order valence-electron chi connectivity index (χ2n) is 5.04. The summed E-state index contributed by atoms with van der Waals surface area (Å²) in [5.41, 5.74) is 4.71. The van der Waals surface area contributed by atoms with E-state index in [4.69, 9.17) is 10.9 Å². The molecule has 108 valence electrons. The van der Waals surface area contributed by atoms with Crippen LogP contribution in [0.15, 0.2) is 5.16 Å². The first-order valence-electron chi connectivity index (χ1n) is 6.49. The van der Waals surface area contributed by atoms with Gasteiger partial charge < -0.3 is 21.6 Å². The third-order valence-electron chi connectivity index (χ3n) is 3.44. The van der Waals surface area contributed by atoms with E-state index in [0.29, 0.717) is 25.3 Å². The summed E-state index contributed by atoms with van der Waals surface area (Å²) in [6.07, 6.45) is 1.35. The highest BCUT2D eigenvalue weighted by molar-refractivity contribution is 6.07. The Morgan fingerprint density at radius 2 is 2.05 bits per heavy atom. The molecule has 1 aliphatic rings. The van der Waals surface area contributed by atoms with Gasteiger partial charge in [0.1, 0.15) is 5.41 Å². The van der Waals surface area contributed by atoms with Crippen molar-refractivity contribution in [3.63, 3.8) is 0 Å². The number of oxime groups is 1. The summed E-state index contributed by atoms with van der Waals surface area (Å²) >= 11 is 0. The second-order valence-corrected chi connectivity index (χ2v) is 5.04. The van der Waals surface area contributed by atoms with E-state index in [1.54, 1.807) is 0 Å². The molecule has 7 nitrogen and oxygen atoms in total. The van der Waals surface area contributed by atoms with Crippen molar-refractivity contribution in [3.8, 4) is 0 Å². The average Bonchev–Trinajstić information content (AvgIpc) is 2.33. The van der Waals surface area contributed by atoms with E-state index >= 15 is 0 Å². The van der Waals surface area contributed by atoms with Gasteiger partial charge in [-0.2, -0.15) is 0 Å². The van der Waals surface area contributed by atoms with Gasteiger partial charge in [0.25, 0.3) is 0 Å². The van der Waals surface area contributed by atoms with E-state index in [0.717, 1.165) is 0 Å². The van der Waals surface area contributed by atoms with Crippen LogP contribution in [0.3, 0.4) is 0 Å². The van der Waals surface area contributed by atoms with Crippen molar-refractivity contribution in [2.24, 2.45) is 22.2 Å². The molecular formula is C12H22N4O3. The number of carbonyl (C=O) groups is 2. The Kier molecular flexibility index (Phi) is 5.14. The predicted molar refractivity (Wildman–Crippen MR) is 70.6 cm³/mol. The number of carbonyl (C=O) groups excluding carboxylic acids is 2. The van der Waals surface area contributed by atoms with Gasteiger partial charge in [-0.3, -0.25) is 9.59 Å². The van der Waals surface area contributed by atoms with Crippen LogP contribution in [-0.4, -0.2) is 35.9 Å². The normalized spacial score (nSPS) is 26.4. The van der Waals surface area contributed by atoms with Crippen LogP contribution in [-0.2, 0) is 9.59 Å². The molecule has 1 aliphatic carbocycles. The van der Waals surface area contributed by atoms with Crippen molar-refractivity contribution in [1.82, 2.24) is 10.6 Å². The molecule has 0 saturated heterocycles. The van der Waals surface area contributed by atoms with Gasteiger partial charge in [0.05, 0.1) is 0 Å². The number of amides is 2. The lowest BCUT2D eigenvalue weighted by Gasteiger charge is -2.43. The molecule has 0 unspecified atom stereocenters. The van der Waals surface area contributed by atoms with Crippen molar-refractivity contribution >= 4 is 17.6 Å². The number of hydrogen-bond donors (Lipinski definition) is 4. The van der Waals surface area contributed by atoms with Gasteiger partial charge in [0, 0.05) is 19.5 Å². The van der Waals surface area contributed by atoms with E-state index in [1.807, 2.05) is 13.8 Å². The molecule has 5 N–H and O–H groups in total. The van der Waals surface area contributed by atoms with Gasteiger partial charge in [-0.05, 0) is 25.7 Å². The number of nitrogens with two attached hydrogens (primary N) is 1. The molecule has 0 bridgehead atoms. The lowest BCUT2D eigenvalue weighted by Crippen LogP contribution is -2.57. The number of nitrogens with one attached hydrogen (secondary N) is 2. The van der Waals surface area contributed by atoms with Gasteiger partial charge in [0.15, 0.2) is 5.84 Å². The topological polar surface area (TPSA) is 117 Å². The van der Waals surface area contributed by atoms with Crippen LogP contribution < -0.4 is 16.4 Å². The summed E-state index contributed by atoms with van der Waals surface area (Å²) in [6, 6.07) is 0. The van der Waals surface area contributed by atoms with Crippen LogP contribution in [0.25, 0.3) is 0 Å². The highest BCUT2D eigenvalue weighted by atomic mass is 16.4. The van der Waals surface area contributed by atoms with E-state index in [-0.39, 0.29) is 30.6 Å². The monoisotopic (exact) mass is 270 g/mol. The fourth-order valence-corrected chi connectivity index (χ4v) is 2.48. The van der Waals surface area contributed by atoms with Gasteiger partial charge in [0.2, 0.25) is 11.8 Å². The molecule has 0 aromatic heterocycles. The minimum Gasteiger partial charge on any atom is -0.409 e. The maximum Gasteiger partial charge on any atom is 0.233 e. The zero-order chi connectivity index (χ0) is 14.5. The first-order chi connectivity index (χ1) is 8.96. The number of hydrogen-bond acceptors (Lipinski definition) is 4. The molecule has 1 saturated carbocycles. The van der Waals surface area contributed by atoms with E-state index in [1.165, 1.54) is 0 Å². The second kappa shape index (κ2) is 6.40. The largest absolute Gasteiger partial charge is 0.409 e. The minimum atomic E-state index is -0.907. The van der Waals surface area contributed by atoms with Crippen molar-refractivity contribution in [1.29, 1.82) is 0 Å². The molecule has 0 heterocycles. The highest BCUT2D eigenvalue weighted by Gasteiger charge is 2.52. The Labute approximate surface area is 112 Å². The molecule has 1 rings (SSSR count). The lowest BCUT2D eigenvalue weighted by atomic mass is 9.61. The Morgan fingerprint density at radius 3 is 2.53 bits per heavy atom. The smallest absolute Gasteiger partial charge is 0.233 e. The fraction of sp³-hybridized carbons (Fsp3) is 0.750. The Balaban J connectivity index is 2.49. The standard InChI is InChI=1S/C12H22N4O3/c1-3-14-9(17)4-5-15-11(18)12(10(13)16-19)6-8(2)7-12/h8,19H,3-7H2,1-2H3,(H2,13,16)(H,14,17)(H,15,18). The van der Waals surface area contributed by atoms with Crippen LogP contribution in [0.5, 0.6) is 0 Å². The van der Waals surface area contributed by atoms with Gasteiger partial charge in [-0.15, -0.1) is 0 Å². The molecule has 0 radical (unpaired) electrons. The van der Waals surface area contributed by atoms with E-state index < -0.39 is 5.41 Å². The van der Waals surface area contributed by atoms with Crippen LogP contribution in [0, 0.1) is 11.3 Å². The van der Waals surface area contributed by atoms with Crippen LogP contribution in [0.2, 0.25) is 0 Å². The van der Waals surface area contributed by atoms with Crippen molar-refractivity contribution in [2.75, 3.05) is 13.1 Å². The molecule has 0 spiro atoms. The van der Waals surface area contributed by atoms with Crippen molar-refractivity contribution in [2.45, 2.75) is 33.1 Å². The third-order valence-corrected chi connectivity index (χ3v) is 3.44. The zero-order valence-corrected chi connectivity index (χ0v) is 11.4. The average molecular weight is 270 g/mol. The zero-order valence-electron chi connectivity index (χ0n) is 11.4. The Bertz CT molecular complexity index is 375. The van der Waals surface area contributed by atoms with Crippen LogP contribution >= 0.6 is 0 Å². The van der Waals surface area contributed by atoms with E-state index in [9.17, 15) is 9.59 Å². The highest BCUT2D eigenvalue weighted by Crippen LogP contribution is 2.45. The number of rotatable bonds is 6. The van der Waals surface area contributed by atoms with Gasteiger partial charge in [-0.25, -0.2) is 0 Å². The molecule has 1 fully saturated rings. The summed E-state index contributed by atoms with van der Waals surface area (Å²) in [7, 11) is 0. The van der Waals surface area contributed by atoms with Gasteiger partial charge in [-0.1, -0.05) is 12.1 Å². The minimum absolute atomic E-state index is 0.0545. The van der Waals surface area contributed by atoms with E-state index in [2.05, 4.69) is 15.8 Å². The SMILES string of the molecule is CCNC(=O)CCNC(=O)C1(C(N)=NO)CC(C)C1. The molecule has 0 aromatic rings. The summed E-state index contributed by atoms with van der Waals surface area (Å²) in [6.45, 7) is 4.66. The first kappa shape index (κ1) is 15.3. The molecule has 19 heavy (non-hydrogen) atoms. The Hall–Kier alpha value is -1.79. The Morgan fingerprint density at radius 1 is 1.42 bits per heavy atom. The summed E-state index contributed by atoms with van der Waals surface area (Å²) < 4.78 is 0. The third kappa shape index (κ3) is 3.36. The summed E-state index contributed by atoms with van der Waals surface area (Å²) in [5.74, 6) is -0.0663. The van der Waals surface area contributed by atoms with Crippen molar-refractivity contribution in [3.05, 3.63) is 0 Å². The predicted octanol–water partition coefficient (Wildman–Crippen LogP) is -0.208. The summed E-state index contributed by atoms with van der Waals surface area (Å²) in [5, 5.41) is 17.1. The molecule has 0 aliphatic heterocycles. The molecule has 7 heteroatoms. The number of amidine groups is 1. The number of nitrogens with zero attached hydrogens (tertiary/aromatic N) is 1. The maximum atomic E-state index is 12.1. The lowest BCUT2D eigenvalue weighted by molar-refractivity contribution is -0.133. The van der Waals surface area contributed by atoms with Crippen LogP contribution in [0.1, 0.15) is 33.1 Å². The fourth-order valence-electron chi connectivity index (χ4n) is 2.48. The molecule has 0 aromatic carbocycles. The molecular weight excluding hydrogens is 248 g/mol. The summed E-state index contributed by atoms with van der Waals surface area (Å²) in [4.78, 5) is 23.4. The maximum absolute atomic E-state index is 12.1. The van der Waals surface area contributed by atoms with Gasteiger partial charge >= 0.3 is 0 Å². The van der Waals surface area contributed by atoms with Crippen molar-refractivity contribution < 1.29 is 14.8 Å².